The molecule has 1 amide bonds. The first kappa shape index (κ1) is 28.7. The number of ether oxygens (including phenoxy) is 3. The number of amides is 1. The summed E-state index contributed by atoms with van der Waals surface area (Å²) in [5, 5.41) is 14.3. The van der Waals surface area contributed by atoms with E-state index in [2.05, 4.69) is 5.32 Å². The van der Waals surface area contributed by atoms with Crippen LogP contribution < -0.4 is 5.32 Å². The van der Waals surface area contributed by atoms with Crippen LogP contribution in [0.1, 0.15) is 71.3 Å². The van der Waals surface area contributed by atoms with Crippen molar-refractivity contribution in [3.05, 3.63) is 63.0 Å². The smallest absolute Gasteiger partial charge is 0.409 e. The van der Waals surface area contributed by atoms with Crippen molar-refractivity contribution in [3.63, 3.8) is 0 Å². The molecule has 1 fully saturated rings. The number of nitrogens with zero attached hydrogens (tertiary/aromatic N) is 2. The Bertz CT molecular complexity index is 1120. The van der Waals surface area contributed by atoms with E-state index in [0.717, 1.165) is 32.1 Å². The van der Waals surface area contributed by atoms with Gasteiger partial charge in [-0.3, -0.25) is 10.1 Å². The number of rotatable bonds is 9. The van der Waals surface area contributed by atoms with Crippen LogP contribution >= 0.6 is 0 Å². The van der Waals surface area contributed by atoms with Crippen LogP contribution in [0.4, 0.5) is 10.5 Å². The van der Waals surface area contributed by atoms with Gasteiger partial charge < -0.3 is 24.4 Å². The van der Waals surface area contributed by atoms with E-state index in [0.29, 0.717) is 11.3 Å². The number of benzene rings is 1. The zero-order chi connectivity index (χ0) is 27.8. The summed E-state index contributed by atoms with van der Waals surface area (Å²) in [6.07, 6.45) is 5.42. The Morgan fingerprint density at radius 2 is 1.84 bits per heavy atom. The second-order valence-corrected chi connectivity index (χ2v) is 9.55. The molecule has 2 aliphatic rings. The lowest BCUT2D eigenvalue weighted by molar-refractivity contribution is -0.384. The van der Waals surface area contributed by atoms with Gasteiger partial charge in [0.25, 0.3) is 5.69 Å². The lowest BCUT2D eigenvalue weighted by atomic mass is 9.81. The third kappa shape index (κ3) is 7.11. The molecule has 1 aliphatic carbocycles. The Morgan fingerprint density at radius 3 is 2.47 bits per heavy atom. The van der Waals surface area contributed by atoms with Gasteiger partial charge in [-0.15, -0.1) is 0 Å². The van der Waals surface area contributed by atoms with Crippen LogP contribution in [0.5, 0.6) is 0 Å². The Balaban J connectivity index is 1.99. The Morgan fingerprint density at radius 1 is 1.13 bits per heavy atom. The zero-order valence-electron chi connectivity index (χ0n) is 22.2. The van der Waals surface area contributed by atoms with Crippen molar-refractivity contribution in [2.45, 2.75) is 77.9 Å². The fourth-order valence-electron chi connectivity index (χ4n) is 4.67. The van der Waals surface area contributed by atoms with Crippen LogP contribution in [-0.2, 0) is 23.8 Å². The molecule has 38 heavy (non-hydrogen) atoms. The van der Waals surface area contributed by atoms with Gasteiger partial charge in [0.05, 0.1) is 34.7 Å². The number of esters is 2. The number of carbonyl (C=O) groups is 3. The predicted octanol–water partition coefficient (Wildman–Crippen LogP) is 4.68. The number of hydrogen-bond donors (Lipinski definition) is 1. The quantitative estimate of drug-likeness (QED) is 0.209. The molecule has 0 saturated heterocycles. The van der Waals surface area contributed by atoms with Gasteiger partial charge in [-0.25, -0.2) is 14.4 Å². The molecule has 0 radical (unpaired) electrons. The fourth-order valence-corrected chi connectivity index (χ4v) is 4.67. The van der Waals surface area contributed by atoms with Gasteiger partial charge in [0.1, 0.15) is 0 Å². The highest BCUT2D eigenvalue weighted by Gasteiger charge is 2.39. The standard InChI is InChI=1S/C27H35N3O8/c1-5-36-25(31)22-15-29(16-37-27(33)28-20-11-7-6-8-12-20)18(4)23(26(32)38-17(2)3)24(22)19-10-9-13-21(14-19)30(34)35/h9-10,13-15,17,20,24H,5-8,11-12,16H2,1-4H3,(H,28,33). The lowest BCUT2D eigenvalue weighted by Gasteiger charge is -2.34. The van der Waals surface area contributed by atoms with Crippen LogP contribution in [0.15, 0.2) is 47.3 Å². The first-order chi connectivity index (χ1) is 18.1. The van der Waals surface area contributed by atoms with E-state index in [1.807, 2.05) is 0 Å². The average molecular weight is 530 g/mol. The van der Waals surface area contributed by atoms with Gasteiger partial charge >= 0.3 is 18.0 Å². The highest BCUT2D eigenvalue weighted by atomic mass is 16.6. The fraction of sp³-hybridized carbons (Fsp3) is 0.519. The largest absolute Gasteiger partial charge is 0.463 e. The molecule has 1 aromatic carbocycles. The summed E-state index contributed by atoms with van der Waals surface area (Å²) in [4.78, 5) is 51.3. The summed E-state index contributed by atoms with van der Waals surface area (Å²) in [6, 6.07) is 5.78. The van der Waals surface area contributed by atoms with Crippen LogP contribution in [0.3, 0.4) is 0 Å². The second-order valence-electron chi connectivity index (χ2n) is 9.55. The second kappa shape index (κ2) is 13.1. The molecular formula is C27H35N3O8. The summed E-state index contributed by atoms with van der Waals surface area (Å²) in [5.74, 6) is -2.39. The molecule has 3 rings (SSSR count). The molecule has 0 aromatic heterocycles. The third-order valence-electron chi connectivity index (χ3n) is 6.47. The van der Waals surface area contributed by atoms with Gasteiger partial charge in [-0.1, -0.05) is 31.4 Å². The van der Waals surface area contributed by atoms with Gasteiger partial charge in [0, 0.05) is 30.1 Å². The molecule has 1 aromatic rings. The van der Waals surface area contributed by atoms with Crippen molar-refractivity contribution >= 4 is 23.7 Å². The summed E-state index contributed by atoms with van der Waals surface area (Å²) < 4.78 is 16.2. The van der Waals surface area contributed by atoms with Crippen LogP contribution in [-0.4, -0.2) is 53.3 Å². The third-order valence-corrected chi connectivity index (χ3v) is 6.47. The maximum atomic E-state index is 13.4. The van der Waals surface area contributed by atoms with Crippen molar-refractivity contribution in [1.29, 1.82) is 0 Å². The number of nitro groups is 1. The number of nitrogens with one attached hydrogen (secondary N) is 1. The molecule has 11 heteroatoms. The number of allylic oxidation sites excluding steroid dienone is 1. The molecule has 1 atom stereocenters. The normalized spacial score (nSPS) is 18.1. The maximum Gasteiger partial charge on any atom is 0.409 e. The summed E-state index contributed by atoms with van der Waals surface area (Å²) >= 11 is 0. The molecule has 0 bridgehead atoms. The van der Waals surface area contributed by atoms with E-state index in [1.165, 1.54) is 29.3 Å². The molecule has 0 spiro atoms. The maximum absolute atomic E-state index is 13.4. The number of hydrogen-bond acceptors (Lipinski definition) is 9. The Kier molecular flexibility index (Phi) is 9.86. The summed E-state index contributed by atoms with van der Waals surface area (Å²) in [5.41, 5.74) is 0.700. The van der Waals surface area contributed by atoms with E-state index in [4.69, 9.17) is 14.2 Å². The average Bonchev–Trinajstić information content (AvgIpc) is 2.87. The molecular weight excluding hydrogens is 494 g/mol. The zero-order valence-corrected chi connectivity index (χ0v) is 22.2. The number of nitro benzene ring substituents is 1. The minimum absolute atomic E-state index is 0.0507. The monoisotopic (exact) mass is 529 g/mol. The predicted molar refractivity (Wildman–Crippen MR) is 138 cm³/mol. The topological polar surface area (TPSA) is 137 Å². The van der Waals surface area contributed by atoms with Gasteiger partial charge in [-0.2, -0.15) is 0 Å². The SMILES string of the molecule is CCOC(=O)C1=CN(COC(=O)NC2CCCCC2)C(C)=C(C(=O)OC(C)C)C1c1cccc([N+](=O)[O-])c1. The highest BCUT2D eigenvalue weighted by molar-refractivity contribution is 5.99. The minimum atomic E-state index is -0.993. The number of carbonyl (C=O) groups excluding carboxylic acids is 3. The van der Waals surface area contributed by atoms with Crippen molar-refractivity contribution in [3.8, 4) is 0 Å². The molecule has 1 unspecified atom stereocenters. The molecule has 1 N–H and O–H groups in total. The van der Waals surface area contributed by atoms with Crippen molar-refractivity contribution in [2.24, 2.45) is 0 Å². The van der Waals surface area contributed by atoms with E-state index < -0.39 is 35.0 Å². The lowest BCUT2D eigenvalue weighted by Crippen LogP contribution is -2.39. The number of alkyl carbamates (subject to hydrolysis) is 1. The number of non-ortho nitro benzene ring substituents is 1. The van der Waals surface area contributed by atoms with E-state index in [-0.39, 0.29) is 36.2 Å². The minimum Gasteiger partial charge on any atom is -0.463 e. The van der Waals surface area contributed by atoms with E-state index >= 15 is 0 Å². The Labute approximate surface area is 221 Å². The van der Waals surface area contributed by atoms with E-state index in [1.54, 1.807) is 33.8 Å². The van der Waals surface area contributed by atoms with Crippen molar-refractivity contribution in [1.82, 2.24) is 10.2 Å². The Hall–Kier alpha value is -3.89. The molecule has 11 nitrogen and oxygen atoms in total. The van der Waals surface area contributed by atoms with Gasteiger partial charge in [-0.05, 0) is 46.1 Å². The van der Waals surface area contributed by atoms with Gasteiger partial charge in [0.2, 0.25) is 0 Å². The summed E-state index contributed by atoms with van der Waals surface area (Å²) in [7, 11) is 0. The highest BCUT2D eigenvalue weighted by Crippen LogP contribution is 2.41. The first-order valence-electron chi connectivity index (χ1n) is 12.9. The van der Waals surface area contributed by atoms with Crippen molar-refractivity contribution in [2.75, 3.05) is 13.3 Å². The van der Waals surface area contributed by atoms with Crippen LogP contribution in [0.25, 0.3) is 0 Å². The molecule has 1 aliphatic heterocycles. The van der Waals surface area contributed by atoms with Crippen LogP contribution in [0.2, 0.25) is 0 Å². The van der Waals surface area contributed by atoms with E-state index in [9.17, 15) is 24.5 Å². The summed E-state index contributed by atoms with van der Waals surface area (Å²) in [6.45, 7) is 6.48. The molecule has 1 heterocycles. The van der Waals surface area contributed by atoms with Crippen molar-refractivity contribution < 1.29 is 33.5 Å². The van der Waals surface area contributed by atoms with Crippen LogP contribution in [0, 0.1) is 10.1 Å². The molecule has 1 saturated carbocycles. The van der Waals surface area contributed by atoms with Gasteiger partial charge in [0.15, 0.2) is 6.73 Å². The molecule has 206 valence electrons. The first-order valence-corrected chi connectivity index (χ1v) is 12.9.